The second kappa shape index (κ2) is 44.3. The van der Waals surface area contributed by atoms with E-state index >= 15 is 0 Å². The van der Waals surface area contributed by atoms with Gasteiger partial charge in [0.05, 0.1) is 6.61 Å². The number of hydrogen-bond donors (Lipinski definition) is 1. The lowest BCUT2D eigenvalue weighted by Crippen LogP contribution is -2.28. The van der Waals surface area contributed by atoms with Crippen LogP contribution in [-0.4, -0.2) is 36.4 Å². The third-order valence-corrected chi connectivity index (χ3v) is 10.9. The minimum Gasteiger partial charge on any atom is -0.462 e. The van der Waals surface area contributed by atoms with Crippen LogP contribution in [-0.2, 0) is 19.1 Å². The minimum atomic E-state index is -0.761. The van der Waals surface area contributed by atoms with Crippen LogP contribution in [0.15, 0.2) is 0 Å². The molecule has 0 aliphatic rings. The van der Waals surface area contributed by atoms with Gasteiger partial charge in [0.1, 0.15) is 6.61 Å². The van der Waals surface area contributed by atoms with Gasteiger partial charge in [0, 0.05) is 12.8 Å². The fourth-order valence-corrected chi connectivity index (χ4v) is 7.32. The van der Waals surface area contributed by atoms with Crippen molar-refractivity contribution in [3.63, 3.8) is 0 Å². The number of esters is 2. The molecule has 5 nitrogen and oxygen atoms in total. The molecule has 0 saturated carbocycles. The Morgan fingerprint density at radius 2 is 0.596 bits per heavy atom. The standard InChI is InChI=1S/C47H92O5/c1-3-5-7-9-11-13-14-15-16-17-18-19-20-21-22-23-24-25-26-27-28-29-30-31-32-33-34-36-38-40-42-47(50)52-45(43-48)44-51-46(49)41-39-37-35-12-10-8-6-4-2/h45,48H,3-44H2,1-2H3. The van der Waals surface area contributed by atoms with Crippen LogP contribution in [0.5, 0.6) is 0 Å². The molecule has 0 spiro atoms. The highest BCUT2D eigenvalue weighted by Gasteiger charge is 2.16. The summed E-state index contributed by atoms with van der Waals surface area (Å²) < 4.78 is 10.6. The maximum Gasteiger partial charge on any atom is 0.306 e. The van der Waals surface area contributed by atoms with Gasteiger partial charge in [0.25, 0.3) is 0 Å². The van der Waals surface area contributed by atoms with Crippen LogP contribution >= 0.6 is 0 Å². The van der Waals surface area contributed by atoms with Crippen molar-refractivity contribution in [1.82, 2.24) is 0 Å². The van der Waals surface area contributed by atoms with E-state index in [2.05, 4.69) is 13.8 Å². The van der Waals surface area contributed by atoms with Crippen molar-refractivity contribution in [2.75, 3.05) is 13.2 Å². The number of aliphatic hydroxyl groups is 1. The zero-order valence-electron chi connectivity index (χ0n) is 35.4. The lowest BCUT2D eigenvalue weighted by molar-refractivity contribution is -0.161. The van der Waals surface area contributed by atoms with Gasteiger partial charge in [0.15, 0.2) is 6.10 Å². The third kappa shape index (κ3) is 41.7. The van der Waals surface area contributed by atoms with E-state index in [0.29, 0.717) is 12.8 Å². The average molecular weight is 737 g/mol. The summed E-state index contributed by atoms with van der Waals surface area (Å²) in [6, 6.07) is 0. The van der Waals surface area contributed by atoms with Crippen LogP contribution in [0, 0.1) is 0 Å². The number of hydrogen-bond acceptors (Lipinski definition) is 5. The van der Waals surface area contributed by atoms with Crippen LogP contribution in [0.2, 0.25) is 0 Å². The molecule has 52 heavy (non-hydrogen) atoms. The van der Waals surface area contributed by atoms with E-state index in [0.717, 1.165) is 38.5 Å². The Labute approximate surface area is 325 Å². The molecule has 0 heterocycles. The molecule has 0 radical (unpaired) electrons. The Bertz CT molecular complexity index is 710. The van der Waals surface area contributed by atoms with Gasteiger partial charge in [-0.2, -0.15) is 0 Å². The molecule has 1 unspecified atom stereocenters. The van der Waals surface area contributed by atoms with Crippen molar-refractivity contribution in [2.24, 2.45) is 0 Å². The monoisotopic (exact) mass is 737 g/mol. The topological polar surface area (TPSA) is 72.8 Å². The highest BCUT2D eigenvalue weighted by Crippen LogP contribution is 2.17. The molecule has 0 aromatic carbocycles. The molecule has 1 N–H and O–H groups in total. The van der Waals surface area contributed by atoms with E-state index in [4.69, 9.17) is 9.47 Å². The second-order valence-electron chi connectivity index (χ2n) is 16.2. The maximum atomic E-state index is 12.2. The number of unbranched alkanes of at least 4 members (excludes halogenated alkanes) is 36. The van der Waals surface area contributed by atoms with Crippen LogP contribution in [0.4, 0.5) is 0 Å². The Morgan fingerprint density at radius 3 is 0.846 bits per heavy atom. The molecule has 0 amide bonds. The fourth-order valence-electron chi connectivity index (χ4n) is 7.32. The van der Waals surface area contributed by atoms with Gasteiger partial charge in [-0.15, -0.1) is 0 Å². The first-order chi connectivity index (χ1) is 25.6. The lowest BCUT2D eigenvalue weighted by atomic mass is 10.0. The van der Waals surface area contributed by atoms with E-state index in [1.165, 1.54) is 205 Å². The summed E-state index contributed by atoms with van der Waals surface area (Å²) in [5, 5.41) is 9.54. The average Bonchev–Trinajstić information content (AvgIpc) is 3.15. The van der Waals surface area contributed by atoms with E-state index < -0.39 is 6.10 Å². The van der Waals surface area contributed by atoms with Crippen molar-refractivity contribution in [3.8, 4) is 0 Å². The van der Waals surface area contributed by atoms with Gasteiger partial charge in [-0.25, -0.2) is 0 Å². The summed E-state index contributed by atoms with van der Waals surface area (Å²) in [4.78, 5) is 24.2. The van der Waals surface area contributed by atoms with Gasteiger partial charge in [-0.3, -0.25) is 9.59 Å². The van der Waals surface area contributed by atoms with E-state index in [-0.39, 0.29) is 25.2 Å². The van der Waals surface area contributed by atoms with E-state index in [1.54, 1.807) is 0 Å². The summed E-state index contributed by atoms with van der Waals surface area (Å²) in [7, 11) is 0. The first kappa shape index (κ1) is 50.9. The Kier molecular flexibility index (Phi) is 43.4. The van der Waals surface area contributed by atoms with Crippen LogP contribution < -0.4 is 0 Å². The molecule has 0 aromatic rings. The predicted octanol–water partition coefficient (Wildman–Crippen LogP) is 15.1. The molecule has 0 fully saturated rings. The summed E-state index contributed by atoms with van der Waals surface area (Å²) in [5.74, 6) is -0.579. The SMILES string of the molecule is CCCCCCCCCCCCCCCCCCCCCCCCCCCCCCCCC(=O)OC(CO)COC(=O)CCCCCCCCCC. The van der Waals surface area contributed by atoms with E-state index in [1.807, 2.05) is 0 Å². The normalized spacial score (nSPS) is 12.0. The molecule has 0 saturated heterocycles. The van der Waals surface area contributed by atoms with E-state index in [9.17, 15) is 14.7 Å². The fraction of sp³-hybridized carbons (Fsp3) is 0.957. The van der Waals surface area contributed by atoms with Crippen molar-refractivity contribution in [3.05, 3.63) is 0 Å². The first-order valence-corrected chi connectivity index (χ1v) is 23.6. The number of carbonyl (C=O) groups excluding carboxylic acids is 2. The van der Waals surface area contributed by atoms with Gasteiger partial charge >= 0.3 is 11.9 Å². The first-order valence-electron chi connectivity index (χ1n) is 23.6. The predicted molar refractivity (Wildman–Crippen MR) is 224 cm³/mol. The van der Waals surface area contributed by atoms with Crippen LogP contribution in [0.25, 0.3) is 0 Å². The Balaban J connectivity index is 3.34. The van der Waals surface area contributed by atoms with Crippen LogP contribution in [0.3, 0.4) is 0 Å². The summed E-state index contributed by atoms with van der Waals surface area (Å²) in [5.41, 5.74) is 0. The van der Waals surface area contributed by atoms with Crippen molar-refractivity contribution in [2.45, 2.75) is 277 Å². The molecule has 0 bridgehead atoms. The molecule has 310 valence electrons. The zero-order chi connectivity index (χ0) is 37.8. The number of carbonyl (C=O) groups is 2. The maximum absolute atomic E-state index is 12.2. The number of aliphatic hydroxyl groups excluding tert-OH is 1. The van der Waals surface area contributed by atoms with Crippen molar-refractivity contribution < 1.29 is 24.2 Å². The molecular formula is C47H92O5. The highest BCUT2D eigenvalue weighted by molar-refractivity contribution is 5.70. The molecule has 0 rings (SSSR count). The summed E-state index contributed by atoms with van der Waals surface area (Å²) in [6.45, 7) is 4.14. The van der Waals surface area contributed by atoms with Gasteiger partial charge in [-0.1, -0.05) is 245 Å². The third-order valence-electron chi connectivity index (χ3n) is 10.9. The van der Waals surface area contributed by atoms with Crippen molar-refractivity contribution >= 4 is 11.9 Å². The molecule has 0 aliphatic carbocycles. The minimum absolute atomic E-state index is 0.0578. The Morgan fingerprint density at radius 1 is 0.365 bits per heavy atom. The van der Waals surface area contributed by atoms with Gasteiger partial charge < -0.3 is 14.6 Å². The summed E-state index contributed by atoms with van der Waals surface area (Å²) in [6.07, 6.45) is 50.8. The molecule has 5 heteroatoms. The lowest BCUT2D eigenvalue weighted by Gasteiger charge is -2.15. The second-order valence-corrected chi connectivity index (χ2v) is 16.2. The van der Waals surface area contributed by atoms with Crippen molar-refractivity contribution in [1.29, 1.82) is 0 Å². The van der Waals surface area contributed by atoms with Crippen LogP contribution in [0.1, 0.15) is 271 Å². The van der Waals surface area contributed by atoms with Gasteiger partial charge in [-0.05, 0) is 12.8 Å². The van der Waals surface area contributed by atoms with Gasteiger partial charge in [0.2, 0.25) is 0 Å². The Hall–Kier alpha value is -1.10. The number of ether oxygens (including phenoxy) is 2. The quantitative estimate of drug-likeness (QED) is 0.0498. The largest absolute Gasteiger partial charge is 0.462 e. The summed E-state index contributed by atoms with van der Waals surface area (Å²) >= 11 is 0. The molecule has 1 atom stereocenters. The molecule has 0 aliphatic heterocycles. The zero-order valence-corrected chi connectivity index (χ0v) is 35.4. The molecular weight excluding hydrogens is 645 g/mol. The number of rotatable bonds is 44. The molecule has 0 aromatic heterocycles. The highest BCUT2D eigenvalue weighted by atomic mass is 16.6. The smallest absolute Gasteiger partial charge is 0.306 e.